The number of amides is 1. The lowest BCUT2D eigenvalue weighted by atomic mass is 10.1. The summed E-state index contributed by atoms with van der Waals surface area (Å²) in [5, 5.41) is 3.45. The SMILES string of the molecule is C[C@@H]1CN(C(=O)c2ccc(CNCc3cnc4ccccn34)cc2)C[C@@H](C)O1. The van der Waals surface area contributed by atoms with Crippen LogP contribution >= 0.6 is 0 Å². The molecule has 28 heavy (non-hydrogen) atoms. The summed E-state index contributed by atoms with van der Waals surface area (Å²) in [5.41, 5.74) is 3.95. The summed E-state index contributed by atoms with van der Waals surface area (Å²) in [7, 11) is 0. The number of ether oxygens (including phenoxy) is 1. The van der Waals surface area contributed by atoms with Gasteiger partial charge in [-0.2, -0.15) is 0 Å². The summed E-state index contributed by atoms with van der Waals surface area (Å²) in [6.07, 6.45) is 4.08. The number of aromatic nitrogens is 2. The van der Waals surface area contributed by atoms with E-state index >= 15 is 0 Å². The molecule has 0 aliphatic carbocycles. The number of rotatable bonds is 5. The number of carbonyl (C=O) groups is 1. The summed E-state index contributed by atoms with van der Waals surface area (Å²) in [6, 6.07) is 13.8. The Balaban J connectivity index is 1.34. The molecule has 2 atom stereocenters. The Morgan fingerprint density at radius 1 is 1.11 bits per heavy atom. The third kappa shape index (κ3) is 4.08. The first kappa shape index (κ1) is 18.7. The zero-order valence-electron chi connectivity index (χ0n) is 16.3. The maximum absolute atomic E-state index is 12.7. The van der Waals surface area contributed by atoms with Crippen LogP contribution in [0.3, 0.4) is 0 Å². The van der Waals surface area contributed by atoms with E-state index in [1.54, 1.807) is 0 Å². The maximum atomic E-state index is 12.7. The number of morpholine rings is 1. The van der Waals surface area contributed by atoms with Crippen molar-refractivity contribution in [2.75, 3.05) is 13.1 Å². The van der Waals surface area contributed by atoms with E-state index in [4.69, 9.17) is 4.74 Å². The first-order chi connectivity index (χ1) is 13.6. The van der Waals surface area contributed by atoms with Crippen molar-refractivity contribution in [3.63, 3.8) is 0 Å². The monoisotopic (exact) mass is 378 g/mol. The van der Waals surface area contributed by atoms with Crippen LogP contribution < -0.4 is 5.32 Å². The van der Waals surface area contributed by atoms with Crippen molar-refractivity contribution in [1.29, 1.82) is 0 Å². The summed E-state index contributed by atoms with van der Waals surface area (Å²) < 4.78 is 7.80. The minimum atomic E-state index is 0.0761. The van der Waals surface area contributed by atoms with Crippen LogP contribution in [0.5, 0.6) is 0 Å². The van der Waals surface area contributed by atoms with Gasteiger partial charge in [0, 0.05) is 37.9 Å². The van der Waals surface area contributed by atoms with Gasteiger partial charge < -0.3 is 19.4 Å². The number of imidazole rings is 1. The molecule has 6 heteroatoms. The van der Waals surface area contributed by atoms with Gasteiger partial charge in [-0.15, -0.1) is 0 Å². The number of hydrogen-bond donors (Lipinski definition) is 1. The Labute approximate surface area is 165 Å². The predicted octanol–water partition coefficient (Wildman–Crippen LogP) is 2.87. The predicted molar refractivity (Wildman–Crippen MR) is 108 cm³/mol. The quantitative estimate of drug-likeness (QED) is 0.742. The highest BCUT2D eigenvalue weighted by atomic mass is 16.5. The molecule has 0 radical (unpaired) electrons. The third-order valence-corrected chi connectivity index (χ3v) is 5.04. The van der Waals surface area contributed by atoms with Gasteiger partial charge in [0.25, 0.3) is 5.91 Å². The van der Waals surface area contributed by atoms with Gasteiger partial charge in [0.1, 0.15) is 5.65 Å². The van der Waals surface area contributed by atoms with Gasteiger partial charge >= 0.3 is 0 Å². The molecular weight excluding hydrogens is 352 g/mol. The maximum Gasteiger partial charge on any atom is 0.254 e. The molecule has 0 spiro atoms. The molecule has 3 heterocycles. The second-order valence-electron chi connectivity index (χ2n) is 7.45. The standard InChI is InChI=1S/C22H26N4O2/c1-16-14-25(15-17(2)28-16)22(27)19-8-6-18(7-9-19)11-23-12-20-13-24-21-5-3-4-10-26(20)21/h3-10,13,16-17,23H,11-12,14-15H2,1-2H3/t16-,17-/m1/s1. The van der Waals surface area contributed by atoms with Crippen LogP contribution in [0.2, 0.25) is 0 Å². The Morgan fingerprint density at radius 2 is 1.86 bits per heavy atom. The van der Waals surface area contributed by atoms with Crippen molar-refractivity contribution in [2.24, 2.45) is 0 Å². The van der Waals surface area contributed by atoms with E-state index in [0.717, 1.165) is 35.6 Å². The van der Waals surface area contributed by atoms with Gasteiger partial charge in [0.2, 0.25) is 0 Å². The molecule has 1 amide bonds. The van der Waals surface area contributed by atoms with Gasteiger partial charge in [-0.1, -0.05) is 18.2 Å². The van der Waals surface area contributed by atoms with E-state index in [-0.39, 0.29) is 18.1 Å². The average molecular weight is 378 g/mol. The van der Waals surface area contributed by atoms with E-state index in [0.29, 0.717) is 13.1 Å². The zero-order chi connectivity index (χ0) is 19.5. The highest BCUT2D eigenvalue weighted by molar-refractivity contribution is 5.94. The first-order valence-corrected chi connectivity index (χ1v) is 9.75. The van der Waals surface area contributed by atoms with Gasteiger partial charge in [-0.05, 0) is 43.7 Å². The molecule has 146 valence electrons. The molecule has 4 rings (SSSR count). The van der Waals surface area contributed by atoms with Crippen molar-refractivity contribution in [1.82, 2.24) is 19.6 Å². The number of pyridine rings is 1. The Morgan fingerprint density at radius 3 is 2.61 bits per heavy atom. The lowest BCUT2D eigenvalue weighted by Gasteiger charge is -2.35. The van der Waals surface area contributed by atoms with Crippen LogP contribution in [0.4, 0.5) is 0 Å². The number of carbonyl (C=O) groups excluding carboxylic acids is 1. The fraction of sp³-hybridized carbons (Fsp3) is 0.364. The molecule has 1 aliphatic heterocycles. The van der Waals surface area contributed by atoms with Crippen LogP contribution in [0.1, 0.15) is 35.5 Å². The molecule has 1 fully saturated rings. The van der Waals surface area contributed by atoms with Crippen LogP contribution in [0, 0.1) is 0 Å². The summed E-state index contributed by atoms with van der Waals surface area (Å²) in [6.45, 7) is 6.77. The Hall–Kier alpha value is -2.70. The summed E-state index contributed by atoms with van der Waals surface area (Å²) in [5.74, 6) is 0.0761. The molecule has 1 saturated heterocycles. The minimum absolute atomic E-state index is 0.0761. The zero-order valence-corrected chi connectivity index (χ0v) is 16.3. The average Bonchev–Trinajstić information content (AvgIpc) is 3.10. The van der Waals surface area contributed by atoms with Crippen LogP contribution in [0.15, 0.2) is 54.9 Å². The fourth-order valence-corrected chi connectivity index (χ4v) is 3.74. The minimum Gasteiger partial charge on any atom is -0.372 e. The molecule has 6 nitrogen and oxygen atoms in total. The van der Waals surface area contributed by atoms with Crippen LogP contribution in [-0.4, -0.2) is 45.5 Å². The molecular formula is C22H26N4O2. The van der Waals surface area contributed by atoms with E-state index in [9.17, 15) is 4.79 Å². The number of fused-ring (bicyclic) bond motifs is 1. The summed E-state index contributed by atoms with van der Waals surface area (Å²) in [4.78, 5) is 19.0. The highest BCUT2D eigenvalue weighted by Gasteiger charge is 2.26. The van der Waals surface area contributed by atoms with Crippen molar-refractivity contribution >= 4 is 11.6 Å². The largest absolute Gasteiger partial charge is 0.372 e. The van der Waals surface area contributed by atoms with E-state index in [1.807, 2.05) is 73.6 Å². The smallest absolute Gasteiger partial charge is 0.254 e. The lowest BCUT2D eigenvalue weighted by Crippen LogP contribution is -2.48. The molecule has 1 aliphatic rings. The van der Waals surface area contributed by atoms with E-state index in [1.165, 1.54) is 0 Å². The second-order valence-corrected chi connectivity index (χ2v) is 7.45. The molecule has 0 bridgehead atoms. The topological polar surface area (TPSA) is 58.9 Å². The normalized spacial score (nSPS) is 19.9. The number of nitrogens with one attached hydrogen (secondary N) is 1. The van der Waals surface area contributed by atoms with Crippen molar-refractivity contribution in [2.45, 2.75) is 39.1 Å². The number of hydrogen-bond acceptors (Lipinski definition) is 4. The van der Waals surface area contributed by atoms with Gasteiger partial charge in [-0.3, -0.25) is 4.79 Å². The van der Waals surface area contributed by atoms with Gasteiger partial charge in [-0.25, -0.2) is 4.98 Å². The van der Waals surface area contributed by atoms with Crippen LogP contribution in [0.25, 0.3) is 5.65 Å². The molecule has 2 aromatic heterocycles. The molecule has 1 aromatic carbocycles. The molecule has 0 saturated carbocycles. The van der Waals surface area contributed by atoms with E-state index < -0.39 is 0 Å². The van der Waals surface area contributed by atoms with Crippen molar-refractivity contribution in [3.8, 4) is 0 Å². The third-order valence-electron chi connectivity index (χ3n) is 5.04. The van der Waals surface area contributed by atoms with E-state index in [2.05, 4.69) is 14.7 Å². The second kappa shape index (κ2) is 8.12. The molecule has 1 N–H and O–H groups in total. The summed E-state index contributed by atoms with van der Waals surface area (Å²) >= 11 is 0. The first-order valence-electron chi connectivity index (χ1n) is 9.75. The fourth-order valence-electron chi connectivity index (χ4n) is 3.74. The number of nitrogens with zero attached hydrogens (tertiary/aromatic N) is 3. The van der Waals surface area contributed by atoms with Crippen molar-refractivity contribution in [3.05, 3.63) is 71.7 Å². The highest BCUT2D eigenvalue weighted by Crippen LogP contribution is 2.15. The van der Waals surface area contributed by atoms with Gasteiger partial charge in [0.05, 0.1) is 24.1 Å². The van der Waals surface area contributed by atoms with Crippen LogP contribution in [-0.2, 0) is 17.8 Å². The Bertz CT molecular complexity index is 941. The molecule has 0 unspecified atom stereocenters. The lowest BCUT2D eigenvalue weighted by molar-refractivity contribution is -0.0586. The van der Waals surface area contributed by atoms with Gasteiger partial charge in [0.15, 0.2) is 0 Å². The Kier molecular flexibility index (Phi) is 5.41. The number of benzene rings is 1. The van der Waals surface area contributed by atoms with Crippen molar-refractivity contribution < 1.29 is 9.53 Å². The molecule has 3 aromatic rings.